The van der Waals surface area contributed by atoms with Crippen molar-refractivity contribution >= 4 is 28.9 Å². The smallest absolute Gasteiger partial charge is 0.246 e. The number of fused-ring (bicyclic) bond motifs is 1. The average Bonchev–Trinajstić information content (AvgIpc) is 2.16. The average molecular weight is 211 g/mol. The monoisotopic (exact) mass is 210 g/mol. The summed E-state index contributed by atoms with van der Waals surface area (Å²) in [6, 6.07) is 5.29. The molecule has 0 fully saturated rings. The molecule has 0 radical (unpaired) electrons. The van der Waals surface area contributed by atoms with Gasteiger partial charge in [-0.25, -0.2) is 0 Å². The number of benzene rings is 1. The lowest BCUT2D eigenvalue weighted by molar-refractivity contribution is -0.117. The zero-order valence-electron chi connectivity index (χ0n) is 8.04. The molecule has 0 saturated heterocycles. The maximum absolute atomic E-state index is 11.5. The number of amides is 1. The zero-order valence-corrected chi connectivity index (χ0v) is 8.80. The molecule has 2 rings (SSSR count). The van der Waals surface area contributed by atoms with Crippen LogP contribution in [0.3, 0.4) is 0 Å². The summed E-state index contributed by atoms with van der Waals surface area (Å²) in [5, 5.41) is 3.51. The van der Waals surface area contributed by atoms with Gasteiger partial charge in [-0.2, -0.15) is 0 Å². The van der Waals surface area contributed by atoms with Crippen LogP contribution in [-0.4, -0.2) is 19.0 Å². The molecule has 1 aliphatic heterocycles. The van der Waals surface area contributed by atoms with Gasteiger partial charge in [0.25, 0.3) is 0 Å². The molecular formula is C10H11ClN2O. The van der Waals surface area contributed by atoms with Gasteiger partial charge in [-0.15, -0.1) is 0 Å². The lowest BCUT2D eigenvalue weighted by atomic mass is 10.1. The fourth-order valence-electron chi connectivity index (χ4n) is 1.52. The molecule has 0 bridgehead atoms. The lowest BCUT2D eigenvalue weighted by Gasteiger charge is -2.33. The van der Waals surface area contributed by atoms with Crippen molar-refractivity contribution in [1.82, 2.24) is 0 Å². The first-order valence-electron chi connectivity index (χ1n) is 4.43. The molecule has 3 nitrogen and oxygen atoms in total. The van der Waals surface area contributed by atoms with Gasteiger partial charge in [-0.05, 0) is 25.1 Å². The molecule has 0 aliphatic carbocycles. The number of rotatable bonds is 0. The van der Waals surface area contributed by atoms with E-state index in [-0.39, 0.29) is 11.9 Å². The molecule has 1 unspecified atom stereocenters. The van der Waals surface area contributed by atoms with Crippen LogP contribution >= 0.6 is 11.6 Å². The Kier molecular flexibility index (Phi) is 2.11. The van der Waals surface area contributed by atoms with E-state index in [4.69, 9.17) is 11.6 Å². The van der Waals surface area contributed by atoms with Gasteiger partial charge in [0.15, 0.2) is 0 Å². The van der Waals surface area contributed by atoms with Crippen LogP contribution in [0.1, 0.15) is 6.92 Å². The summed E-state index contributed by atoms with van der Waals surface area (Å²) < 4.78 is 0. The van der Waals surface area contributed by atoms with Crippen LogP contribution in [0.5, 0.6) is 0 Å². The highest BCUT2D eigenvalue weighted by molar-refractivity contribution is 6.31. The third-order valence-electron chi connectivity index (χ3n) is 2.56. The second kappa shape index (κ2) is 3.17. The van der Waals surface area contributed by atoms with E-state index in [0.717, 1.165) is 11.4 Å². The molecule has 0 spiro atoms. The number of hydrogen-bond acceptors (Lipinski definition) is 2. The number of nitrogens with zero attached hydrogens (tertiary/aromatic N) is 1. The van der Waals surface area contributed by atoms with Gasteiger partial charge in [-0.1, -0.05) is 11.6 Å². The molecule has 1 atom stereocenters. The Bertz CT molecular complexity index is 392. The number of anilines is 2. The van der Waals surface area contributed by atoms with Crippen molar-refractivity contribution < 1.29 is 4.79 Å². The second-order valence-electron chi connectivity index (χ2n) is 3.44. The maximum Gasteiger partial charge on any atom is 0.246 e. The molecule has 1 aliphatic rings. The Hall–Kier alpha value is -1.22. The number of likely N-dealkylation sites (N-methyl/N-ethyl adjacent to an activating group) is 1. The fourth-order valence-corrected chi connectivity index (χ4v) is 1.69. The molecule has 0 saturated carbocycles. The standard InChI is InChI=1S/C10H11ClN2O/c1-6-10(14)12-8-4-3-7(11)5-9(8)13(6)2/h3-6H,1-2H3,(H,12,14). The number of carbonyl (C=O) groups is 1. The van der Waals surface area contributed by atoms with Crippen LogP contribution in [0.4, 0.5) is 11.4 Å². The van der Waals surface area contributed by atoms with E-state index in [1.165, 1.54) is 0 Å². The van der Waals surface area contributed by atoms with E-state index < -0.39 is 0 Å². The minimum absolute atomic E-state index is 0.0160. The maximum atomic E-state index is 11.5. The highest BCUT2D eigenvalue weighted by atomic mass is 35.5. The molecule has 1 heterocycles. The van der Waals surface area contributed by atoms with Gasteiger partial charge in [-0.3, -0.25) is 4.79 Å². The summed E-state index contributed by atoms with van der Waals surface area (Å²) in [5.41, 5.74) is 1.78. The van der Waals surface area contributed by atoms with Crippen molar-refractivity contribution in [1.29, 1.82) is 0 Å². The first-order valence-corrected chi connectivity index (χ1v) is 4.80. The van der Waals surface area contributed by atoms with Crippen molar-refractivity contribution in [3.63, 3.8) is 0 Å². The summed E-state index contributed by atoms with van der Waals surface area (Å²) in [5.74, 6) is 0.0160. The van der Waals surface area contributed by atoms with Crippen molar-refractivity contribution in [3.8, 4) is 0 Å². The second-order valence-corrected chi connectivity index (χ2v) is 3.87. The van der Waals surface area contributed by atoms with Crippen LogP contribution in [0.15, 0.2) is 18.2 Å². The molecule has 1 N–H and O–H groups in total. The summed E-state index contributed by atoms with van der Waals surface area (Å²) in [6.07, 6.45) is 0. The van der Waals surface area contributed by atoms with Gasteiger partial charge >= 0.3 is 0 Å². The van der Waals surface area contributed by atoms with Gasteiger partial charge in [0.05, 0.1) is 11.4 Å². The van der Waals surface area contributed by atoms with Crippen molar-refractivity contribution in [2.24, 2.45) is 0 Å². The van der Waals surface area contributed by atoms with Crippen LogP contribution in [0.25, 0.3) is 0 Å². The van der Waals surface area contributed by atoms with Crippen molar-refractivity contribution in [3.05, 3.63) is 23.2 Å². The van der Waals surface area contributed by atoms with Crippen molar-refractivity contribution in [2.45, 2.75) is 13.0 Å². The number of hydrogen-bond donors (Lipinski definition) is 1. The first-order chi connectivity index (χ1) is 6.59. The summed E-state index contributed by atoms with van der Waals surface area (Å²) in [6.45, 7) is 1.86. The normalized spacial score (nSPS) is 20.4. The summed E-state index contributed by atoms with van der Waals surface area (Å²) in [4.78, 5) is 13.4. The molecular weight excluding hydrogens is 200 g/mol. The summed E-state index contributed by atoms with van der Waals surface area (Å²) >= 11 is 5.89. The third kappa shape index (κ3) is 1.34. The van der Waals surface area contributed by atoms with E-state index in [2.05, 4.69) is 5.32 Å². The van der Waals surface area contributed by atoms with Gasteiger partial charge < -0.3 is 10.2 Å². The van der Waals surface area contributed by atoms with Gasteiger partial charge in [0.2, 0.25) is 5.91 Å². The predicted molar refractivity (Wildman–Crippen MR) is 57.9 cm³/mol. The fraction of sp³-hybridized carbons (Fsp3) is 0.300. The minimum Gasteiger partial charge on any atom is -0.361 e. The molecule has 14 heavy (non-hydrogen) atoms. The van der Waals surface area contributed by atoms with Crippen LogP contribution in [-0.2, 0) is 4.79 Å². The Balaban J connectivity index is 2.51. The molecule has 1 amide bonds. The summed E-state index contributed by atoms with van der Waals surface area (Å²) in [7, 11) is 1.89. The topological polar surface area (TPSA) is 32.3 Å². The van der Waals surface area contributed by atoms with E-state index in [1.54, 1.807) is 6.07 Å². The number of halogens is 1. The SMILES string of the molecule is CC1C(=O)Nc2ccc(Cl)cc2N1C. The minimum atomic E-state index is -0.152. The van der Waals surface area contributed by atoms with Crippen LogP contribution in [0.2, 0.25) is 5.02 Å². The quantitative estimate of drug-likeness (QED) is 0.712. The van der Waals surface area contributed by atoms with Gasteiger partial charge in [0.1, 0.15) is 6.04 Å². The lowest BCUT2D eigenvalue weighted by Crippen LogP contribution is -2.43. The Morgan fingerprint density at radius 1 is 1.50 bits per heavy atom. The van der Waals surface area contributed by atoms with Crippen LogP contribution < -0.4 is 10.2 Å². The first kappa shape index (κ1) is 9.34. The van der Waals surface area contributed by atoms with E-state index >= 15 is 0 Å². The highest BCUT2D eigenvalue weighted by Crippen LogP contribution is 2.32. The third-order valence-corrected chi connectivity index (χ3v) is 2.79. The molecule has 4 heteroatoms. The zero-order chi connectivity index (χ0) is 10.3. The Morgan fingerprint density at radius 2 is 2.21 bits per heavy atom. The van der Waals surface area contributed by atoms with E-state index in [1.807, 2.05) is 31.0 Å². The predicted octanol–water partition coefficient (Wildman–Crippen LogP) is 2.12. The van der Waals surface area contributed by atoms with Crippen molar-refractivity contribution in [2.75, 3.05) is 17.3 Å². The molecule has 0 aromatic heterocycles. The molecule has 1 aromatic carbocycles. The molecule has 1 aromatic rings. The number of carbonyl (C=O) groups excluding carboxylic acids is 1. The van der Waals surface area contributed by atoms with Crippen LogP contribution in [0, 0.1) is 0 Å². The van der Waals surface area contributed by atoms with E-state index in [9.17, 15) is 4.79 Å². The van der Waals surface area contributed by atoms with Gasteiger partial charge in [0, 0.05) is 12.1 Å². The van der Waals surface area contributed by atoms with E-state index in [0.29, 0.717) is 5.02 Å². The highest BCUT2D eigenvalue weighted by Gasteiger charge is 2.26. The Morgan fingerprint density at radius 3 is 2.93 bits per heavy atom. The number of nitrogens with one attached hydrogen (secondary N) is 1. The molecule has 74 valence electrons. The Labute approximate surface area is 87.7 Å². The largest absolute Gasteiger partial charge is 0.361 e.